The fourth-order valence-electron chi connectivity index (χ4n) is 1.49. The molecular formula is C11H19NO. The number of hydrogen-bond acceptors (Lipinski definition) is 2. The Morgan fingerprint density at radius 2 is 2.23 bits per heavy atom. The molecule has 0 aromatic carbocycles. The van der Waals surface area contributed by atoms with Crippen LogP contribution in [0.1, 0.15) is 32.8 Å². The van der Waals surface area contributed by atoms with Crippen molar-refractivity contribution < 1.29 is 4.42 Å². The lowest BCUT2D eigenvalue weighted by Gasteiger charge is -2.20. The minimum Gasteiger partial charge on any atom is -0.472 e. The van der Waals surface area contributed by atoms with Gasteiger partial charge in [-0.05, 0) is 18.4 Å². The van der Waals surface area contributed by atoms with Gasteiger partial charge in [-0.15, -0.1) is 0 Å². The van der Waals surface area contributed by atoms with E-state index in [9.17, 15) is 0 Å². The Hall–Kier alpha value is -0.760. The lowest BCUT2D eigenvalue weighted by molar-refractivity contribution is 0.386. The SMILES string of the molecule is CCC(NCc1ccoc1)C(C)C. The van der Waals surface area contributed by atoms with Gasteiger partial charge in [0.25, 0.3) is 0 Å². The lowest BCUT2D eigenvalue weighted by Crippen LogP contribution is -2.32. The number of rotatable bonds is 5. The van der Waals surface area contributed by atoms with Gasteiger partial charge >= 0.3 is 0 Å². The summed E-state index contributed by atoms with van der Waals surface area (Å²) in [6.45, 7) is 7.62. The zero-order valence-electron chi connectivity index (χ0n) is 8.71. The zero-order valence-corrected chi connectivity index (χ0v) is 8.71. The van der Waals surface area contributed by atoms with E-state index in [0.29, 0.717) is 12.0 Å². The van der Waals surface area contributed by atoms with E-state index in [1.54, 1.807) is 12.5 Å². The summed E-state index contributed by atoms with van der Waals surface area (Å²) in [5.41, 5.74) is 1.22. The van der Waals surface area contributed by atoms with Crippen LogP contribution in [0.5, 0.6) is 0 Å². The number of nitrogens with one attached hydrogen (secondary N) is 1. The molecule has 13 heavy (non-hydrogen) atoms. The standard InChI is InChI=1S/C11H19NO/c1-4-11(9(2)3)12-7-10-5-6-13-8-10/h5-6,8-9,11-12H,4,7H2,1-3H3. The summed E-state index contributed by atoms with van der Waals surface area (Å²) in [5, 5.41) is 3.51. The predicted molar refractivity (Wildman–Crippen MR) is 54.5 cm³/mol. The van der Waals surface area contributed by atoms with Crippen molar-refractivity contribution >= 4 is 0 Å². The highest BCUT2D eigenvalue weighted by atomic mass is 16.3. The van der Waals surface area contributed by atoms with Crippen LogP contribution in [0.4, 0.5) is 0 Å². The fraction of sp³-hybridized carbons (Fsp3) is 0.636. The molecule has 0 aliphatic carbocycles. The molecule has 2 heteroatoms. The molecule has 2 nitrogen and oxygen atoms in total. The Morgan fingerprint density at radius 3 is 2.69 bits per heavy atom. The first-order chi connectivity index (χ1) is 6.24. The molecule has 0 bridgehead atoms. The maximum atomic E-state index is 5.00. The van der Waals surface area contributed by atoms with Gasteiger partial charge in [0.05, 0.1) is 12.5 Å². The predicted octanol–water partition coefficient (Wildman–Crippen LogP) is 2.80. The first-order valence-corrected chi connectivity index (χ1v) is 4.98. The molecule has 0 radical (unpaired) electrons. The molecule has 1 atom stereocenters. The summed E-state index contributed by atoms with van der Waals surface area (Å²) in [7, 11) is 0. The molecule has 1 unspecified atom stereocenters. The summed E-state index contributed by atoms with van der Waals surface area (Å²) in [6.07, 6.45) is 4.68. The highest BCUT2D eigenvalue weighted by molar-refractivity contribution is 5.04. The Bertz CT molecular complexity index is 216. The van der Waals surface area contributed by atoms with Gasteiger partial charge in [0.2, 0.25) is 0 Å². The minimum absolute atomic E-state index is 0.606. The van der Waals surface area contributed by atoms with Gasteiger partial charge in [0.1, 0.15) is 0 Å². The summed E-state index contributed by atoms with van der Waals surface area (Å²) < 4.78 is 5.00. The summed E-state index contributed by atoms with van der Waals surface area (Å²) in [4.78, 5) is 0. The minimum atomic E-state index is 0.606. The van der Waals surface area contributed by atoms with E-state index in [2.05, 4.69) is 26.1 Å². The third-order valence-corrected chi connectivity index (χ3v) is 2.39. The highest BCUT2D eigenvalue weighted by Gasteiger charge is 2.09. The van der Waals surface area contributed by atoms with Crippen molar-refractivity contribution in [3.05, 3.63) is 24.2 Å². The van der Waals surface area contributed by atoms with E-state index in [4.69, 9.17) is 4.42 Å². The monoisotopic (exact) mass is 181 g/mol. The molecule has 1 heterocycles. The fourth-order valence-corrected chi connectivity index (χ4v) is 1.49. The van der Waals surface area contributed by atoms with E-state index in [1.165, 1.54) is 12.0 Å². The molecule has 74 valence electrons. The smallest absolute Gasteiger partial charge is 0.0947 e. The van der Waals surface area contributed by atoms with Crippen LogP contribution in [0, 0.1) is 5.92 Å². The molecule has 1 N–H and O–H groups in total. The Kier molecular flexibility index (Phi) is 4.03. The van der Waals surface area contributed by atoms with Crippen molar-refractivity contribution in [3.8, 4) is 0 Å². The van der Waals surface area contributed by atoms with Gasteiger partial charge in [-0.2, -0.15) is 0 Å². The molecule has 1 rings (SSSR count). The first-order valence-electron chi connectivity index (χ1n) is 4.98. The number of furan rings is 1. The molecule has 0 fully saturated rings. The van der Waals surface area contributed by atoms with Gasteiger partial charge in [-0.3, -0.25) is 0 Å². The molecule has 1 aromatic heterocycles. The van der Waals surface area contributed by atoms with Crippen LogP contribution >= 0.6 is 0 Å². The maximum absolute atomic E-state index is 5.00. The maximum Gasteiger partial charge on any atom is 0.0947 e. The first kappa shape index (κ1) is 10.3. The van der Waals surface area contributed by atoms with Crippen molar-refractivity contribution in [2.75, 3.05) is 0 Å². The van der Waals surface area contributed by atoms with Crippen LogP contribution in [0.3, 0.4) is 0 Å². The third-order valence-electron chi connectivity index (χ3n) is 2.39. The molecule has 0 saturated heterocycles. The van der Waals surface area contributed by atoms with Crippen molar-refractivity contribution in [2.45, 2.75) is 39.8 Å². The molecule has 0 aliphatic rings. The summed E-state index contributed by atoms with van der Waals surface area (Å²) >= 11 is 0. The van der Waals surface area contributed by atoms with Crippen LogP contribution in [0.15, 0.2) is 23.0 Å². The average Bonchev–Trinajstić information content (AvgIpc) is 2.57. The third kappa shape index (κ3) is 3.23. The Morgan fingerprint density at radius 1 is 1.46 bits per heavy atom. The zero-order chi connectivity index (χ0) is 9.68. The van der Waals surface area contributed by atoms with Gasteiger partial charge < -0.3 is 9.73 Å². The summed E-state index contributed by atoms with van der Waals surface area (Å²) in [6, 6.07) is 2.61. The van der Waals surface area contributed by atoms with E-state index < -0.39 is 0 Å². The van der Waals surface area contributed by atoms with E-state index >= 15 is 0 Å². The van der Waals surface area contributed by atoms with Crippen LogP contribution in [-0.2, 0) is 6.54 Å². The molecule has 0 spiro atoms. The molecule has 0 aliphatic heterocycles. The van der Waals surface area contributed by atoms with Crippen molar-refractivity contribution in [2.24, 2.45) is 5.92 Å². The molecule has 1 aromatic rings. The summed E-state index contributed by atoms with van der Waals surface area (Å²) in [5.74, 6) is 0.692. The second-order valence-corrected chi connectivity index (χ2v) is 3.77. The topological polar surface area (TPSA) is 25.2 Å². The van der Waals surface area contributed by atoms with Gasteiger partial charge in [0.15, 0.2) is 0 Å². The Labute approximate surface area is 80.3 Å². The normalized spacial score (nSPS) is 13.5. The van der Waals surface area contributed by atoms with Crippen molar-refractivity contribution in [1.82, 2.24) is 5.32 Å². The van der Waals surface area contributed by atoms with E-state index in [1.807, 2.05) is 6.07 Å². The van der Waals surface area contributed by atoms with Gasteiger partial charge in [-0.1, -0.05) is 20.8 Å². The van der Waals surface area contributed by atoms with E-state index in [-0.39, 0.29) is 0 Å². The largest absolute Gasteiger partial charge is 0.472 e. The van der Waals surface area contributed by atoms with Crippen LogP contribution in [0.2, 0.25) is 0 Å². The molecular weight excluding hydrogens is 162 g/mol. The van der Waals surface area contributed by atoms with Gasteiger partial charge in [-0.25, -0.2) is 0 Å². The van der Waals surface area contributed by atoms with Crippen LogP contribution in [0.25, 0.3) is 0 Å². The van der Waals surface area contributed by atoms with Crippen molar-refractivity contribution in [3.63, 3.8) is 0 Å². The quantitative estimate of drug-likeness (QED) is 0.755. The molecule has 0 saturated carbocycles. The second-order valence-electron chi connectivity index (χ2n) is 3.77. The van der Waals surface area contributed by atoms with Crippen molar-refractivity contribution in [1.29, 1.82) is 0 Å². The highest BCUT2D eigenvalue weighted by Crippen LogP contribution is 2.07. The molecule has 0 amide bonds. The van der Waals surface area contributed by atoms with Gasteiger partial charge in [0, 0.05) is 18.2 Å². The average molecular weight is 181 g/mol. The Balaban J connectivity index is 2.32. The number of hydrogen-bond donors (Lipinski definition) is 1. The van der Waals surface area contributed by atoms with Crippen LogP contribution < -0.4 is 5.32 Å². The second kappa shape index (κ2) is 5.07. The van der Waals surface area contributed by atoms with Crippen LogP contribution in [-0.4, -0.2) is 6.04 Å². The lowest BCUT2D eigenvalue weighted by atomic mass is 10.0. The van der Waals surface area contributed by atoms with E-state index in [0.717, 1.165) is 6.54 Å².